The zero-order valence-corrected chi connectivity index (χ0v) is 12.9. The van der Waals surface area contributed by atoms with E-state index >= 15 is 0 Å². The Bertz CT molecular complexity index is 517. The molecule has 1 aromatic carbocycles. The van der Waals surface area contributed by atoms with Gasteiger partial charge in [0.2, 0.25) is 0 Å². The molecule has 0 fully saturated rings. The fourth-order valence-electron chi connectivity index (χ4n) is 1.72. The SMILES string of the molecule is CNC(Cc1ccc(Cl)c(Cl)c1)C(C)S(C)(=O)=O. The highest BCUT2D eigenvalue weighted by Gasteiger charge is 2.24. The van der Waals surface area contributed by atoms with Gasteiger partial charge in [0.05, 0.1) is 15.3 Å². The first-order valence-electron chi connectivity index (χ1n) is 5.55. The van der Waals surface area contributed by atoms with Crippen LogP contribution in [0.1, 0.15) is 12.5 Å². The van der Waals surface area contributed by atoms with Gasteiger partial charge in [-0.05, 0) is 38.1 Å². The standard InChI is InChI=1S/C12H17Cl2NO2S/c1-8(18(3,16)17)12(15-2)7-9-4-5-10(13)11(14)6-9/h4-6,8,12,15H,7H2,1-3H3. The maximum absolute atomic E-state index is 11.6. The molecule has 0 bridgehead atoms. The second-order valence-electron chi connectivity index (χ2n) is 4.38. The summed E-state index contributed by atoms with van der Waals surface area (Å²) in [5.41, 5.74) is 0.958. The van der Waals surface area contributed by atoms with Crippen LogP contribution in [0.3, 0.4) is 0 Å². The molecular formula is C12H17Cl2NO2S. The zero-order chi connectivity index (χ0) is 13.9. The molecule has 1 aromatic rings. The van der Waals surface area contributed by atoms with Crippen molar-refractivity contribution in [2.24, 2.45) is 0 Å². The van der Waals surface area contributed by atoms with Gasteiger partial charge in [-0.1, -0.05) is 29.3 Å². The highest BCUT2D eigenvalue weighted by Crippen LogP contribution is 2.23. The van der Waals surface area contributed by atoms with Gasteiger partial charge in [-0.15, -0.1) is 0 Å². The third kappa shape index (κ3) is 4.12. The molecule has 0 aliphatic heterocycles. The van der Waals surface area contributed by atoms with Crippen LogP contribution < -0.4 is 5.32 Å². The molecule has 0 saturated heterocycles. The predicted octanol–water partition coefficient (Wildman–Crippen LogP) is 2.56. The van der Waals surface area contributed by atoms with Crippen molar-refractivity contribution in [3.8, 4) is 0 Å². The first-order chi connectivity index (χ1) is 8.25. The number of hydrogen-bond donors (Lipinski definition) is 1. The van der Waals surface area contributed by atoms with Crippen LogP contribution in [-0.2, 0) is 16.3 Å². The van der Waals surface area contributed by atoms with E-state index in [0.29, 0.717) is 16.5 Å². The Hall–Kier alpha value is -0.290. The monoisotopic (exact) mass is 309 g/mol. The quantitative estimate of drug-likeness (QED) is 0.909. The minimum atomic E-state index is -3.07. The van der Waals surface area contributed by atoms with E-state index in [1.54, 1.807) is 26.1 Å². The molecule has 2 atom stereocenters. The van der Waals surface area contributed by atoms with Gasteiger partial charge in [-0.25, -0.2) is 8.42 Å². The number of halogens is 2. The van der Waals surface area contributed by atoms with Crippen molar-refractivity contribution in [3.63, 3.8) is 0 Å². The highest BCUT2D eigenvalue weighted by atomic mass is 35.5. The molecule has 0 amide bonds. The lowest BCUT2D eigenvalue weighted by molar-refractivity contribution is 0.516. The van der Waals surface area contributed by atoms with Crippen molar-refractivity contribution in [1.82, 2.24) is 5.32 Å². The largest absolute Gasteiger partial charge is 0.315 e. The van der Waals surface area contributed by atoms with Gasteiger partial charge in [-0.3, -0.25) is 0 Å². The van der Waals surface area contributed by atoms with E-state index < -0.39 is 15.1 Å². The van der Waals surface area contributed by atoms with E-state index in [4.69, 9.17) is 23.2 Å². The summed E-state index contributed by atoms with van der Waals surface area (Å²) < 4.78 is 23.1. The van der Waals surface area contributed by atoms with Crippen molar-refractivity contribution in [3.05, 3.63) is 33.8 Å². The number of rotatable bonds is 5. The number of benzene rings is 1. The summed E-state index contributed by atoms with van der Waals surface area (Å²) in [4.78, 5) is 0. The molecule has 0 aromatic heterocycles. The summed E-state index contributed by atoms with van der Waals surface area (Å²) >= 11 is 11.8. The molecule has 0 heterocycles. The number of hydrogen-bond acceptors (Lipinski definition) is 3. The molecule has 0 aliphatic rings. The van der Waals surface area contributed by atoms with Gasteiger partial charge >= 0.3 is 0 Å². The minimum absolute atomic E-state index is 0.155. The molecule has 2 unspecified atom stereocenters. The molecule has 18 heavy (non-hydrogen) atoms. The van der Waals surface area contributed by atoms with Crippen LogP contribution in [0.4, 0.5) is 0 Å². The summed E-state index contributed by atoms with van der Waals surface area (Å²) in [6.07, 6.45) is 1.83. The number of likely N-dealkylation sites (N-methyl/N-ethyl adjacent to an activating group) is 1. The van der Waals surface area contributed by atoms with Gasteiger partial charge < -0.3 is 5.32 Å². The van der Waals surface area contributed by atoms with E-state index in [0.717, 1.165) is 5.56 Å². The van der Waals surface area contributed by atoms with Crippen LogP contribution in [0.2, 0.25) is 10.0 Å². The summed E-state index contributed by atoms with van der Waals surface area (Å²) in [7, 11) is -1.32. The van der Waals surface area contributed by atoms with Crippen molar-refractivity contribution in [2.75, 3.05) is 13.3 Å². The van der Waals surface area contributed by atoms with E-state index in [-0.39, 0.29) is 6.04 Å². The first kappa shape index (κ1) is 15.8. The predicted molar refractivity (Wildman–Crippen MR) is 77.3 cm³/mol. The molecule has 0 radical (unpaired) electrons. The van der Waals surface area contributed by atoms with E-state index in [9.17, 15) is 8.42 Å². The topological polar surface area (TPSA) is 46.2 Å². The lowest BCUT2D eigenvalue weighted by Crippen LogP contribution is -2.41. The number of sulfone groups is 1. The molecule has 0 saturated carbocycles. The number of nitrogens with one attached hydrogen (secondary N) is 1. The van der Waals surface area contributed by atoms with E-state index in [1.165, 1.54) is 6.26 Å². The van der Waals surface area contributed by atoms with Crippen LogP contribution in [0, 0.1) is 0 Å². The summed E-state index contributed by atoms with van der Waals surface area (Å²) in [5.74, 6) is 0. The molecule has 1 rings (SSSR count). The Kier molecular flexibility index (Phi) is 5.46. The third-order valence-electron chi connectivity index (χ3n) is 3.05. The molecular weight excluding hydrogens is 293 g/mol. The fraction of sp³-hybridized carbons (Fsp3) is 0.500. The normalized spacial score (nSPS) is 15.4. The maximum atomic E-state index is 11.6. The second kappa shape index (κ2) is 6.24. The summed E-state index contributed by atoms with van der Waals surface area (Å²) in [6.45, 7) is 1.70. The van der Waals surface area contributed by atoms with Gasteiger partial charge in [0.15, 0.2) is 9.84 Å². The van der Waals surface area contributed by atoms with Crippen LogP contribution in [0.25, 0.3) is 0 Å². The fourth-order valence-corrected chi connectivity index (χ4v) is 2.87. The lowest BCUT2D eigenvalue weighted by Gasteiger charge is -2.22. The van der Waals surface area contributed by atoms with Crippen LogP contribution in [0.15, 0.2) is 18.2 Å². The Labute approximate surface area is 118 Å². The van der Waals surface area contributed by atoms with Gasteiger partial charge in [0.25, 0.3) is 0 Å². The van der Waals surface area contributed by atoms with Gasteiger partial charge in [0.1, 0.15) is 0 Å². The Morgan fingerprint density at radius 1 is 1.28 bits per heavy atom. The summed E-state index contributed by atoms with van der Waals surface area (Å²) in [5, 5.41) is 3.55. The maximum Gasteiger partial charge on any atom is 0.151 e. The second-order valence-corrected chi connectivity index (χ2v) is 7.60. The van der Waals surface area contributed by atoms with Gasteiger partial charge in [-0.2, -0.15) is 0 Å². The average Bonchev–Trinajstić information content (AvgIpc) is 2.28. The summed E-state index contributed by atoms with van der Waals surface area (Å²) in [6, 6.07) is 5.19. The van der Waals surface area contributed by atoms with Crippen molar-refractivity contribution in [2.45, 2.75) is 24.6 Å². The van der Waals surface area contributed by atoms with Crippen LogP contribution >= 0.6 is 23.2 Å². The van der Waals surface area contributed by atoms with Crippen molar-refractivity contribution in [1.29, 1.82) is 0 Å². The third-order valence-corrected chi connectivity index (χ3v) is 5.47. The van der Waals surface area contributed by atoms with Gasteiger partial charge in [0, 0.05) is 12.3 Å². The Balaban J connectivity index is 2.89. The molecule has 3 nitrogen and oxygen atoms in total. The highest BCUT2D eigenvalue weighted by molar-refractivity contribution is 7.91. The average molecular weight is 310 g/mol. The first-order valence-corrected chi connectivity index (χ1v) is 8.26. The molecule has 0 aliphatic carbocycles. The minimum Gasteiger partial charge on any atom is -0.315 e. The van der Waals surface area contributed by atoms with Crippen LogP contribution in [-0.4, -0.2) is 33.0 Å². The lowest BCUT2D eigenvalue weighted by atomic mass is 10.0. The molecule has 0 spiro atoms. The van der Waals surface area contributed by atoms with Crippen molar-refractivity contribution < 1.29 is 8.42 Å². The van der Waals surface area contributed by atoms with Crippen molar-refractivity contribution >= 4 is 33.0 Å². The molecule has 1 N–H and O–H groups in total. The Morgan fingerprint density at radius 2 is 1.89 bits per heavy atom. The molecule has 102 valence electrons. The smallest absolute Gasteiger partial charge is 0.151 e. The van der Waals surface area contributed by atoms with E-state index in [2.05, 4.69) is 5.32 Å². The van der Waals surface area contributed by atoms with E-state index in [1.807, 2.05) is 6.07 Å². The molecule has 6 heteroatoms. The Morgan fingerprint density at radius 3 is 2.33 bits per heavy atom. The van der Waals surface area contributed by atoms with Crippen LogP contribution in [0.5, 0.6) is 0 Å². The zero-order valence-electron chi connectivity index (χ0n) is 10.6.